The fraction of sp³-hybridized carbons (Fsp3) is 0.977. The fourth-order valence-corrected chi connectivity index (χ4v) is 7.20. The molecule has 6 unspecified atom stereocenters. The number of carbonyl (C=O) groups excluding carboxylic acids is 1. The van der Waals surface area contributed by atoms with Crippen LogP contribution in [0.3, 0.4) is 0 Å². The summed E-state index contributed by atoms with van der Waals surface area (Å²) in [5.74, 6) is -0.327. The lowest BCUT2D eigenvalue weighted by Gasteiger charge is -2.39. The van der Waals surface area contributed by atoms with Crippen molar-refractivity contribution in [2.45, 2.75) is 250 Å². The number of rotatable bonds is 39. The smallest absolute Gasteiger partial charge is 0.306 e. The first-order chi connectivity index (χ1) is 25.9. The van der Waals surface area contributed by atoms with E-state index in [0.29, 0.717) is 13.0 Å². The van der Waals surface area contributed by atoms with Gasteiger partial charge in [0.15, 0.2) is 6.29 Å². The lowest BCUT2D eigenvalue weighted by Crippen LogP contribution is -2.59. The van der Waals surface area contributed by atoms with E-state index in [4.69, 9.17) is 18.9 Å². The van der Waals surface area contributed by atoms with Crippen LogP contribution in [0.5, 0.6) is 0 Å². The molecule has 1 fully saturated rings. The van der Waals surface area contributed by atoms with Gasteiger partial charge in [0.25, 0.3) is 0 Å². The van der Waals surface area contributed by atoms with E-state index in [1.807, 2.05) is 0 Å². The van der Waals surface area contributed by atoms with Crippen LogP contribution in [0.15, 0.2) is 0 Å². The van der Waals surface area contributed by atoms with E-state index in [-0.39, 0.29) is 19.2 Å². The number of unbranched alkanes of at least 4 members (excludes halogenated alkanes) is 28. The summed E-state index contributed by atoms with van der Waals surface area (Å²) < 4.78 is 22.6. The van der Waals surface area contributed by atoms with Crippen LogP contribution in [0, 0.1) is 0 Å². The summed E-state index contributed by atoms with van der Waals surface area (Å²) in [6.07, 6.45) is 32.2. The summed E-state index contributed by atoms with van der Waals surface area (Å²) in [6.45, 7) is 4.47. The van der Waals surface area contributed by atoms with E-state index >= 15 is 0 Å². The van der Waals surface area contributed by atoms with Gasteiger partial charge in [0.2, 0.25) is 0 Å². The summed E-state index contributed by atoms with van der Waals surface area (Å²) >= 11 is 0. The summed E-state index contributed by atoms with van der Waals surface area (Å²) in [6, 6.07) is 0. The Kier molecular flexibility index (Phi) is 34.9. The summed E-state index contributed by atoms with van der Waals surface area (Å²) in [4.78, 5) is 12.5. The highest BCUT2D eigenvalue weighted by Crippen LogP contribution is 2.23. The Morgan fingerprint density at radius 3 is 1.34 bits per heavy atom. The van der Waals surface area contributed by atoms with Gasteiger partial charge in [-0.1, -0.05) is 194 Å². The second-order valence-electron chi connectivity index (χ2n) is 15.9. The third kappa shape index (κ3) is 28.3. The van der Waals surface area contributed by atoms with Crippen molar-refractivity contribution in [1.82, 2.24) is 0 Å². The minimum absolute atomic E-state index is 0.108. The Bertz CT molecular complexity index is 782. The lowest BCUT2D eigenvalue weighted by atomic mass is 9.99. The Hall–Kier alpha value is -0.810. The SMILES string of the molecule is CCCCCCCCCCCCCCCCCCCCCCCCCCCCOCC(COC1OC(CO)C(O)C(O)C1O)OC(=O)CCCCCC. The predicted molar refractivity (Wildman–Crippen MR) is 215 cm³/mol. The molecule has 0 aliphatic carbocycles. The maximum absolute atomic E-state index is 12.5. The van der Waals surface area contributed by atoms with Crippen molar-refractivity contribution in [3.05, 3.63) is 0 Å². The number of hydrogen-bond donors (Lipinski definition) is 4. The number of hydrogen-bond acceptors (Lipinski definition) is 9. The largest absolute Gasteiger partial charge is 0.457 e. The summed E-state index contributed by atoms with van der Waals surface area (Å²) in [7, 11) is 0. The Balaban J connectivity index is 2.01. The number of aliphatic hydroxyl groups excluding tert-OH is 4. The van der Waals surface area contributed by atoms with Crippen LogP contribution in [-0.4, -0.2) is 89.6 Å². The van der Waals surface area contributed by atoms with Crippen LogP contribution < -0.4 is 0 Å². The minimum Gasteiger partial charge on any atom is -0.457 e. The highest BCUT2D eigenvalue weighted by molar-refractivity contribution is 5.69. The second-order valence-corrected chi connectivity index (χ2v) is 15.9. The molecular formula is C44H86O9. The molecule has 0 aromatic carbocycles. The lowest BCUT2D eigenvalue weighted by molar-refractivity contribution is -0.305. The highest BCUT2D eigenvalue weighted by Gasteiger charge is 2.44. The number of ether oxygens (including phenoxy) is 4. The van der Waals surface area contributed by atoms with Gasteiger partial charge in [0.05, 0.1) is 19.8 Å². The van der Waals surface area contributed by atoms with Gasteiger partial charge >= 0.3 is 5.97 Å². The maximum atomic E-state index is 12.5. The van der Waals surface area contributed by atoms with E-state index in [2.05, 4.69) is 13.8 Å². The van der Waals surface area contributed by atoms with Crippen LogP contribution in [0.2, 0.25) is 0 Å². The van der Waals surface area contributed by atoms with Gasteiger partial charge in [-0.2, -0.15) is 0 Å². The van der Waals surface area contributed by atoms with Crippen molar-refractivity contribution in [2.75, 3.05) is 26.4 Å². The van der Waals surface area contributed by atoms with Crippen LogP contribution in [0.4, 0.5) is 0 Å². The van der Waals surface area contributed by atoms with E-state index in [9.17, 15) is 25.2 Å². The molecule has 1 rings (SSSR count). The zero-order valence-corrected chi connectivity index (χ0v) is 34.5. The molecular weight excluding hydrogens is 672 g/mol. The van der Waals surface area contributed by atoms with Gasteiger partial charge in [0.1, 0.15) is 30.5 Å². The summed E-state index contributed by atoms with van der Waals surface area (Å²) in [5, 5.41) is 39.8. The monoisotopic (exact) mass is 759 g/mol. The van der Waals surface area contributed by atoms with Crippen molar-refractivity contribution in [2.24, 2.45) is 0 Å². The zero-order valence-electron chi connectivity index (χ0n) is 34.5. The standard InChI is InChI=1S/C44H86O9/c1-3-5-7-9-10-11-12-13-14-15-16-17-18-19-20-21-22-23-24-25-26-27-28-29-30-32-34-50-36-38(52-40(46)33-31-8-6-4-2)37-51-44-43(49)42(48)41(47)39(35-45)53-44/h38-39,41-45,47-49H,3-37H2,1-2H3. The molecule has 1 saturated heterocycles. The average molecular weight is 759 g/mol. The zero-order chi connectivity index (χ0) is 38.6. The predicted octanol–water partition coefficient (Wildman–Crippen LogP) is 9.86. The highest BCUT2D eigenvalue weighted by atomic mass is 16.7. The van der Waals surface area contributed by atoms with Gasteiger partial charge in [0, 0.05) is 13.0 Å². The van der Waals surface area contributed by atoms with Gasteiger partial charge < -0.3 is 39.4 Å². The van der Waals surface area contributed by atoms with Crippen molar-refractivity contribution in [3.8, 4) is 0 Å². The number of aliphatic hydroxyl groups is 4. The average Bonchev–Trinajstić information content (AvgIpc) is 3.16. The third-order valence-electron chi connectivity index (χ3n) is 10.8. The molecule has 0 radical (unpaired) electrons. The molecule has 0 bridgehead atoms. The first-order valence-electron chi connectivity index (χ1n) is 22.6. The Morgan fingerprint density at radius 2 is 0.925 bits per heavy atom. The van der Waals surface area contributed by atoms with Crippen molar-refractivity contribution in [1.29, 1.82) is 0 Å². The van der Waals surface area contributed by atoms with Gasteiger partial charge in [-0.3, -0.25) is 4.79 Å². The van der Waals surface area contributed by atoms with Crippen LogP contribution in [0.1, 0.15) is 213 Å². The van der Waals surface area contributed by atoms with Gasteiger partial charge in [-0.05, 0) is 12.8 Å². The quantitative estimate of drug-likeness (QED) is 0.0357. The van der Waals surface area contributed by atoms with Crippen molar-refractivity contribution in [3.63, 3.8) is 0 Å². The molecule has 0 spiro atoms. The number of esters is 1. The van der Waals surface area contributed by atoms with Gasteiger partial charge in [-0.15, -0.1) is 0 Å². The first kappa shape index (κ1) is 50.2. The molecule has 0 saturated carbocycles. The second kappa shape index (κ2) is 36.8. The molecule has 53 heavy (non-hydrogen) atoms. The summed E-state index contributed by atoms with van der Waals surface area (Å²) in [5.41, 5.74) is 0. The van der Waals surface area contributed by atoms with Crippen molar-refractivity contribution < 1.29 is 44.2 Å². The van der Waals surface area contributed by atoms with Gasteiger partial charge in [-0.25, -0.2) is 0 Å². The molecule has 1 heterocycles. The molecule has 0 aromatic heterocycles. The van der Waals surface area contributed by atoms with Crippen LogP contribution in [0.25, 0.3) is 0 Å². The number of carbonyl (C=O) groups is 1. The molecule has 6 atom stereocenters. The molecule has 316 valence electrons. The van der Waals surface area contributed by atoms with E-state index < -0.39 is 43.4 Å². The Labute approximate surface area is 325 Å². The maximum Gasteiger partial charge on any atom is 0.306 e. The van der Waals surface area contributed by atoms with Crippen LogP contribution >= 0.6 is 0 Å². The molecule has 9 heteroatoms. The molecule has 4 N–H and O–H groups in total. The topological polar surface area (TPSA) is 135 Å². The normalized spacial score (nSPS) is 20.9. The van der Waals surface area contributed by atoms with E-state index in [0.717, 1.165) is 38.5 Å². The fourth-order valence-electron chi connectivity index (χ4n) is 7.20. The van der Waals surface area contributed by atoms with E-state index in [1.165, 1.54) is 154 Å². The Morgan fingerprint density at radius 1 is 0.528 bits per heavy atom. The molecule has 0 aromatic rings. The molecule has 1 aliphatic rings. The first-order valence-corrected chi connectivity index (χ1v) is 22.6. The minimum atomic E-state index is -1.53. The van der Waals surface area contributed by atoms with Crippen LogP contribution in [-0.2, 0) is 23.7 Å². The molecule has 9 nitrogen and oxygen atoms in total. The third-order valence-corrected chi connectivity index (χ3v) is 10.8. The van der Waals surface area contributed by atoms with Crippen molar-refractivity contribution >= 4 is 5.97 Å². The van der Waals surface area contributed by atoms with E-state index in [1.54, 1.807) is 0 Å². The molecule has 0 amide bonds. The molecule has 1 aliphatic heterocycles.